The van der Waals surface area contributed by atoms with Gasteiger partial charge in [-0.2, -0.15) is 5.26 Å². The second kappa shape index (κ2) is 9.88. The quantitative estimate of drug-likeness (QED) is 0.588. The van der Waals surface area contributed by atoms with Crippen molar-refractivity contribution in [3.63, 3.8) is 0 Å². The second-order valence-corrected chi connectivity index (χ2v) is 9.48. The first-order chi connectivity index (χ1) is 17.0. The lowest BCUT2D eigenvalue weighted by Crippen LogP contribution is -2.82. The normalized spacial score (nSPS) is 24.0. The van der Waals surface area contributed by atoms with Gasteiger partial charge in [0, 0.05) is 24.7 Å². The number of carbonyl (C=O) groups excluding carboxylic acids is 2. The van der Waals surface area contributed by atoms with Gasteiger partial charge in [0.15, 0.2) is 6.04 Å². The largest absolute Gasteiger partial charge is 0.489 e. The summed E-state index contributed by atoms with van der Waals surface area (Å²) in [6.07, 6.45) is 4.96. The van der Waals surface area contributed by atoms with Gasteiger partial charge in [-0.1, -0.05) is 18.6 Å². The summed E-state index contributed by atoms with van der Waals surface area (Å²) in [7, 11) is 0. The van der Waals surface area contributed by atoms with Gasteiger partial charge in [0.05, 0.1) is 18.1 Å². The maximum Gasteiger partial charge on any atom is 0.388 e. The molecule has 180 valence electrons. The summed E-state index contributed by atoms with van der Waals surface area (Å²) >= 11 is 0. The summed E-state index contributed by atoms with van der Waals surface area (Å²) in [4.78, 5) is 28.5. The molecule has 2 aromatic rings. The van der Waals surface area contributed by atoms with Crippen LogP contribution < -0.4 is 15.0 Å². The van der Waals surface area contributed by atoms with Crippen LogP contribution in [0.3, 0.4) is 0 Å². The molecule has 0 bridgehead atoms. The van der Waals surface area contributed by atoms with Gasteiger partial charge in [-0.15, -0.1) is 4.99 Å². The molecule has 1 fully saturated rings. The van der Waals surface area contributed by atoms with Crippen LogP contribution in [0.25, 0.3) is 0 Å². The highest BCUT2D eigenvalue weighted by molar-refractivity contribution is 6.01. The van der Waals surface area contributed by atoms with E-state index in [2.05, 4.69) is 16.4 Å². The number of benzene rings is 2. The summed E-state index contributed by atoms with van der Waals surface area (Å²) in [6.45, 7) is 1.09. The number of aliphatic hydroxyl groups is 1. The molecule has 0 radical (unpaired) electrons. The van der Waals surface area contributed by atoms with Crippen molar-refractivity contribution in [1.29, 1.82) is 5.26 Å². The first-order valence-electron chi connectivity index (χ1n) is 12.2. The number of nitrogens with one attached hydrogen (secondary N) is 2. The zero-order valence-electron chi connectivity index (χ0n) is 19.5. The Bertz CT molecular complexity index is 1200. The van der Waals surface area contributed by atoms with Crippen LogP contribution in [0.1, 0.15) is 65.6 Å². The number of nitriles is 1. The van der Waals surface area contributed by atoms with E-state index in [4.69, 9.17) is 10.00 Å². The number of nitrogens with zero attached hydrogens (tertiary/aromatic N) is 2. The van der Waals surface area contributed by atoms with Gasteiger partial charge in [-0.05, 0) is 67.1 Å². The Labute approximate surface area is 204 Å². The molecule has 1 saturated carbocycles. The monoisotopic (exact) mass is 473 g/mol. The van der Waals surface area contributed by atoms with E-state index < -0.39 is 6.04 Å². The standard InChI is InChI=1S/C27H28N4O4/c28-14-17-5-7-18(8-6-17)15-29-22-3-1-2-4-24(22)35-20-9-10-21-19(13-20)16-31(27(21)34)23-11-12-25(32)30-26(23)33/h5-10,13,22-24,29H,1-4,11-12,15-16H2,(H,30,32,33)/p+1/t22-,23?,24-/m0/s1. The molecule has 8 heteroatoms. The third-order valence-electron chi connectivity index (χ3n) is 7.15. The molecular weight excluding hydrogens is 444 g/mol. The number of fused-ring (bicyclic) bond motifs is 1. The van der Waals surface area contributed by atoms with Crippen molar-refractivity contribution >= 4 is 17.7 Å². The zero-order chi connectivity index (χ0) is 24.4. The molecule has 0 spiro atoms. The van der Waals surface area contributed by atoms with Gasteiger partial charge in [0.25, 0.3) is 5.91 Å². The molecule has 1 aliphatic carbocycles. The Hall–Kier alpha value is -3.70. The minimum atomic E-state index is -0.508. The first kappa shape index (κ1) is 23.1. The van der Waals surface area contributed by atoms with Crippen molar-refractivity contribution in [2.75, 3.05) is 0 Å². The highest BCUT2D eigenvalue weighted by atomic mass is 16.5. The van der Waals surface area contributed by atoms with E-state index >= 15 is 0 Å². The first-order valence-corrected chi connectivity index (χ1v) is 12.2. The van der Waals surface area contributed by atoms with E-state index in [-0.39, 0.29) is 36.3 Å². The molecule has 1 unspecified atom stereocenters. The van der Waals surface area contributed by atoms with Crippen molar-refractivity contribution in [1.82, 2.24) is 10.2 Å². The fourth-order valence-electron chi connectivity index (χ4n) is 5.23. The van der Waals surface area contributed by atoms with Crippen LogP contribution >= 0.6 is 0 Å². The van der Waals surface area contributed by atoms with Crippen LogP contribution in [0.4, 0.5) is 0 Å². The Kier molecular flexibility index (Phi) is 6.51. The fraction of sp³-hybridized carbons (Fsp3) is 0.407. The molecule has 2 heterocycles. The third kappa shape index (κ3) is 4.91. The SMILES string of the molecule is N#Cc1ccc(CN[C@H]2CCCC[C@@H]2Oc2ccc3c(c2)CN(C2CCC(=O)[NH+]=C2O)C3=O)cc1. The number of hydrogen-bond acceptors (Lipinski definition) is 5. The molecule has 35 heavy (non-hydrogen) atoms. The molecule has 2 aliphatic heterocycles. The van der Waals surface area contributed by atoms with E-state index in [0.717, 1.165) is 42.6 Å². The maximum atomic E-state index is 13.0. The van der Waals surface area contributed by atoms with Crippen molar-refractivity contribution in [2.45, 2.75) is 69.8 Å². The maximum absolute atomic E-state index is 13.0. The Morgan fingerprint density at radius 1 is 1.11 bits per heavy atom. The number of hydrogen-bond donors (Lipinski definition) is 3. The topological polar surface area (TPSA) is 117 Å². The van der Waals surface area contributed by atoms with Gasteiger partial charge >= 0.3 is 11.8 Å². The zero-order valence-corrected chi connectivity index (χ0v) is 19.5. The predicted octanol–water partition coefficient (Wildman–Crippen LogP) is 1.72. The summed E-state index contributed by atoms with van der Waals surface area (Å²) in [6, 6.07) is 15.0. The Balaban J connectivity index is 1.25. The molecule has 3 atom stereocenters. The van der Waals surface area contributed by atoms with Gasteiger partial charge in [-0.3, -0.25) is 4.79 Å². The number of rotatable bonds is 6. The molecular formula is C27H29N4O4+. The van der Waals surface area contributed by atoms with Crippen LogP contribution in [0.5, 0.6) is 5.75 Å². The average molecular weight is 474 g/mol. The summed E-state index contributed by atoms with van der Waals surface area (Å²) in [5.41, 5.74) is 3.27. The molecule has 0 saturated heterocycles. The Morgan fingerprint density at radius 2 is 1.91 bits per heavy atom. The van der Waals surface area contributed by atoms with Crippen LogP contribution in [0, 0.1) is 11.3 Å². The highest BCUT2D eigenvalue weighted by Gasteiger charge is 2.41. The lowest BCUT2D eigenvalue weighted by atomic mass is 9.92. The van der Waals surface area contributed by atoms with Crippen molar-refractivity contribution in [2.24, 2.45) is 0 Å². The van der Waals surface area contributed by atoms with Gasteiger partial charge in [-0.25, -0.2) is 4.79 Å². The molecule has 3 N–H and O–H groups in total. The summed E-state index contributed by atoms with van der Waals surface area (Å²) < 4.78 is 6.42. The molecule has 2 amide bonds. The molecule has 2 aromatic carbocycles. The van der Waals surface area contributed by atoms with E-state index in [0.29, 0.717) is 30.6 Å². The smallest absolute Gasteiger partial charge is 0.388 e. The third-order valence-corrected chi connectivity index (χ3v) is 7.15. The number of amides is 2. The molecule has 0 aromatic heterocycles. The minimum absolute atomic E-state index is 0.0272. The van der Waals surface area contributed by atoms with E-state index in [1.54, 1.807) is 11.0 Å². The van der Waals surface area contributed by atoms with Crippen LogP contribution in [0.2, 0.25) is 0 Å². The minimum Gasteiger partial charge on any atom is -0.489 e. The van der Waals surface area contributed by atoms with E-state index in [1.807, 2.05) is 36.4 Å². The van der Waals surface area contributed by atoms with E-state index in [1.165, 1.54) is 0 Å². The van der Waals surface area contributed by atoms with Crippen molar-refractivity contribution in [3.8, 4) is 11.8 Å². The van der Waals surface area contributed by atoms with Crippen LogP contribution in [-0.4, -0.2) is 45.9 Å². The molecule has 5 rings (SSSR count). The van der Waals surface area contributed by atoms with Crippen LogP contribution in [0.15, 0.2) is 42.5 Å². The fourth-order valence-corrected chi connectivity index (χ4v) is 5.23. The second-order valence-electron chi connectivity index (χ2n) is 9.48. The van der Waals surface area contributed by atoms with Gasteiger partial charge in [0.1, 0.15) is 11.9 Å². The molecule has 8 nitrogen and oxygen atoms in total. The molecule has 3 aliphatic rings. The van der Waals surface area contributed by atoms with Gasteiger partial charge in [0.2, 0.25) is 0 Å². The lowest BCUT2D eigenvalue weighted by Gasteiger charge is -2.33. The number of ether oxygens (including phenoxy) is 1. The Morgan fingerprint density at radius 3 is 2.69 bits per heavy atom. The number of carbonyl (C=O) groups is 2. The summed E-state index contributed by atoms with van der Waals surface area (Å²) in [5, 5.41) is 22.8. The highest BCUT2D eigenvalue weighted by Crippen LogP contribution is 2.31. The summed E-state index contributed by atoms with van der Waals surface area (Å²) in [5.74, 6) is 0.213. The lowest BCUT2D eigenvalue weighted by molar-refractivity contribution is -0.394. The predicted molar refractivity (Wildman–Crippen MR) is 128 cm³/mol. The number of aliphatic hydroxyl groups excluding tert-OH is 1. The average Bonchev–Trinajstić information content (AvgIpc) is 3.19. The van der Waals surface area contributed by atoms with Crippen LogP contribution in [-0.2, 0) is 17.9 Å². The van der Waals surface area contributed by atoms with E-state index in [9.17, 15) is 14.7 Å². The van der Waals surface area contributed by atoms with Crippen molar-refractivity contribution < 1.29 is 24.4 Å². The van der Waals surface area contributed by atoms with Gasteiger partial charge < -0.3 is 20.1 Å². The van der Waals surface area contributed by atoms with Crippen molar-refractivity contribution in [3.05, 3.63) is 64.7 Å².